The fourth-order valence-corrected chi connectivity index (χ4v) is 9.93. The molecule has 0 saturated carbocycles. The van der Waals surface area contributed by atoms with Gasteiger partial charge in [0.25, 0.3) is 0 Å². The number of nitrogens with one attached hydrogen (secondary N) is 1. The third-order valence-corrected chi connectivity index (χ3v) is 14.8. The third kappa shape index (κ3) is 55.7. The average Bonchev–Trinajstić information content (AvgIpc) is 3.36. The summed E-state index contributed by atoms with van der Waals surface area (Å²) < 4.78 is 5.45. The van der Waals surface area contributed by atoms with Crippen molar-refractivity contribution < 1.29 is 24.5 Å². The van der Waals surface area contributed by atoms with Gasteiger partial charge in [-0.05, 0) is 57.8 Å². The van der Waals surface area contributed by atoms with E-state index in [0.29, 0.717) is 25.9 Å². The number of carbonyl (C=O) groups excluding carboxylic acids is 2. The van der Waals surface area contributed by atoms with Gasteiger partial charge in [0, 0.05) is 12.8 Å². The van der Waals surface area contributed by atoms with Crippen molar-refractivity contribution in [3.05, 3.63) is 24.3 Å². The molecule has 1 amide bonds. The van der Waals surface area contributed by atoms with Crippen LogP contribution < -0.4 is 5.32 Å². The Morgan fingerprint density at radius 1 is 0.400 bits per heavy atom. The van der Waals surface area contributed by atoms with Crippen molar-refractivity contribution in [3.63, 3.8) is 0 Å². The molecule has 0 aliphatic rings. The summed E-state index contributed by atoms with van der Waals surface area (Å²) in [6.45, 7) is 4.92. The fraction of sp³-hybridized carbons (Fsp3) is 0.906. The number of unbranched alkanes of at least 4 members (excludes halogenated alkanes) is 45. The molecule has 3 N–H and O–H groups in total. The average molecular weight is 987 g/mol. The van der Waals surface area contributed by atoms with E-state index in [-0.39, 0.29) is 18.5 Å². The topological polar surface area (TPSA) is 95.9 Å². The molecule has 0 spiro atoms. The van der Waals surface area contributed by atoms with Crippen molar-refractivity contribution in [1.29, 1.82) is 0 Å². The van der Waals surface area contributed by atoms with Crippen LogP contribution in [0.5, 0.6) is 0 Å². The monoisotopic (exact) mass is 986 g/mol. The molecule has 0 aromatic heterocycles. The molecule has 0 fully saturated rings. The van der Waals surface area contributed by atoms with Gasteiger partial charge < -0.3 is 20.3 Å². The summed E-state index contributed by atoms with van der Waals surface area (Å²) >= 11 is 0. The van der Waals surface area contributed by atoms with Gasteiger partial charge in [-0.1, -0.05) is 301 Å². The molecule has 0 saturated heterocycles. The molecular weight excluding hydrogens is 863 g/mol. The first-order valence-corrected chi connectivity index (χ1v) is 31.6. The normalized spacial score (nSPS) is 12.7. The zero-order chi connectivity index (χ0) is 50.7. The minimum atomic E-state index is -0.680. The lowest BCUT2D eigenvalue weighted by Crippen LogP contribution is -2.45. The molecule has 0 aliphatic heterocycles. The van der Waals surface area contributed by atoms with E-state index < -0.39 is 12.1 Å². The highest BCUT2D eigenvalue weighted by atomic mass is 16.5. The number of allylic oxidation sites excluding steroid dienone is 4. The van der Waals surface area contributed by atoms with Crippen LogP contribution in [-0.2, 0) is 14.3 Å². The molecule has 0 aliphatic carbocycles. The molecule has 2 unspecified atom stereocenters. The van der Waals surface area contributed by atoms with Crippen LogP contribution in [0.15, 0.2) is 24.3 Å². The lowest BCUT2D eigenvalue weighted by molar-refractivity contribution is -0.143. The summed E-state index contributed by atoms with van der Waals surface area (Å²) in [7, 11) is 0. The molecular formula is C64H123NO5. The second-order valence-corrected chi connectivity index (χ2v) is 21.8. The van der Waals surface area contributed by atoms with Crippen LogP contribution in [0.4, 0.5) is 0 Å². The maximum atomic E-state index is 12.5. The van der Waals surface area contributed by atoms with E-state index >= 15 is 0 Å². The Hall–Kier alpha value is -1.66. The third-order valence-electron chi connectivity index (χ3n) is 14.8. The summed E-state index contributed by atoms with van der Waals surface area (Å²) in [4.78, 5) is 24.5. The van der Waals surface area contributed by atoms with Gasteiger partial charge in [0.1, 0.15) is 0 Å². The van der Waals surface area contributed by atoms with Crippen molar-refractivity contribution in [2.45, 2.75) is 360 Å². The standard InChI is InChI=1S/C64H123NO5/c1-3-5-7-9-11-13-15-17-18-19-20-21-22-23-24-25-26-27-29-33-36-40-44-48-52-56-62(67)61(60-66)65-63(68)57-53-49-45-41-37-34-30-28-31-35-39-43-47-51-55-59-70-64(69)58-54-50-46-42-38-32-16-14-12-10-8-6-4-2/h28,31,35,39,61-62,66-67H,3-27,29-30,32-34,36-38,40-60H2,1-2H3,(H,65,68)/b31-28-,39-35-. The van der Waals surface area contributed by atoms with Crippen LogP contribution in [0, 0.1) is 0 Å². The van der Waals surface area contributed by atoms with Gasteiger partial charge in [-0.15, -0.1) is 0 Å². The predicted molar refractivity (Wildman–Crippen MR) is 306 cm³/mol. The zero-order valence-electron chi connectivity index (χ0n) is 47.3. The van der Waals surface area contributed by atoms with Gasteiger partial charge in [0.15, 0.2) is 0 Å². The molecule has 0 aromatic rings. The molecule has 0 rings (SSSR count). The van der Waals surface area contributed by atoms with E-state index in [4.69, 9.17) is 4.74 Å². The Morgan fingerprint density at radius 2 is 0.700 bits per heavy atom. The van der Waals surface area contributed by atoms with Crippen molar-refractivity contribution in [2.75, 3.05) is 13.2 Å². The first-order chi connectivity index (χ1) is 34.5. The minimum absolute atomic E-state index is 0.0192. The number of aliphatic hydroxyl groups is 2. The summed E-state index contributed by atoms with van der Waals surface area (Å²) in [6, 6.07) is -0.559. The van der Waals surface area contributed by atoms with E-state index in [1.807, 2.05) is 0 Å². The number of amides is 1. The first-order valence-electron chi connectivity index (χ1n) is 31.6. The van der Waals surface area contributed by atoms with Crippen molar-refractivity contribution in [2.24, 2.45) is 0 Å². The maximum Gasteiger partial charge on any atom is 0.305 e. The van der Waals surface area contributed by atoms with Crippen LogP contribution in [0.25, 0.3) is 0 Å². The second-order valence-electron chi connectivity index (χ2n) is 21.8. The van der Waals surface area contributed by atoms with Crippen molar-refractivity contribution in [1.82, 2.24) is 5.32 Å². The van der Waals surface area contributed by atoms with Crippen LogP contribution >= 0.6 is 0 Å². The molecule has 2 atom stereocenters. The molecule has 0 heterocycles. The fourth-order valence-electron chi connectivity index (χ4n) is 9.93. The van der Waals surface area contributed by atoms with Gasteiger partial charge >= 0.3 is 5.97 Å². The van der Waals surface area contributed by atoms with Crippen molar-refractivity contribution in [3.8, 4) is 0 Å². The lowest BCUT2D eigenvalue weighted by atomic mass is 10.0. The maximum absolute atomic E-state index is 12.5. The quantitative estimate of drug-likeness (QED) is 0.0321. The zero-order valence-corrected chi connectivity index (χ0v) is 47.3. The van der Waals surface area contributed by atoms with Gasteiger partial charge in [-0.25, -0.2) is 0 Å². The Kier molecular flexibility index (Phi) is 58.5. The SMILES string of the molecule is CCCCCCCCCCCCCCCCCCCCCCCCCCCC(O)C(CO)NC(=O)CCCCCCCC/C=C\C=C/CCCCCOC(=O)CCCCCCCCCCCCCCC. The molecule has 70 heavy (non-hydrogen) atoms. The van der Waals surface area contributed by atoms with E-state index in [1.54, 1.807) is 0 Å². The van der Waals surface area contributed by atoms with Crippen LogP contribution in [0.1, 0.15) is 348 Å². The predicted octanol–water partition coefficient (Wildman–Crippen LogP) is 19.8. The summed E-state index contributed by atoms with van der Waals surface area (Å²) in [5.41, 5.74) is 0. The number of ether oxygens (including phenoxy) is 1. The number of esters is 1. The molecule has 0 aromatic carbocycles. The second kappa shape index (κ2) is 59.9. The van der Waals surface area contributed by atoms with Crippen LogP contribution in [0.3, 0.4) is 0 Å². The molecule has 6 nitrogen and oxygen atoms in total. The Balaban J connectivity index is 3.49. The molecule has 0 radical (unpaired) electrons. The molecule has 0 bridgehead atoms. The summed E-state index contributed by atoms with van der Waals surface area (Å²) in [5, 5.41) is 23.4. The van der Waals surface area contributed by atoms with E-state index in [2.05, 4.69) is 43.5 Å². The highest BCUT2D eigenvalue weighted by Crippen LogP contribution is 2.18. The summed E-state index contributed by atoms with van der Waals surface area (Å²) in [5.74, 6) is -0.0727. The van der Waals surface area contributed by atoms with Gasteiger partial charge in [0.2, 0.25) is 5.91 Å². The Labute approximate surface area is 437 Å². The van der Waals surface area contributed by atoms with Crippen molar-refractivity contribution >= 4 is 11.9 Å². The van der Waals surface area contributed by atoms with Crippen LogP contribution in [-0.4, -0.2) is 47.4 Å². The lowest BCUT2D eigenvalue weighted by Gasteiger charge is -2.22. The van der Waals surface area contributed by atoms with Gasteiger partial charge in [-0.2, -0.15) is 0 Å². The van der Waals surface area contributed by atoms with Gasteiger partial charge in [0.05, 0.1) is 25.4 Å². The van der Waals surface area contributed by atoms with Crippen LogP contribution in [0.2, 0.25) is 0 Å². The number of carbonyl (C=O) groups is 2. The Bertz CT molecular complexity index is 1090. The minimum Gasteiger partial charge on any atom is -0.466 e. The number of hydrogen-bond donors (Lipinski definition) is 3. The highest BCUT2D eigenvalue weighted by molar-refractivity contribution is 5.76. The van der Waals surface area contributed by atoms with E-state index in [0.717, 1.165) is 77.0 Å². The number of rotatable bonds is 59. The number of aliphatic hydroxyl groups excluding tert-OH is 2. The molecule has 414 valence electrons. The largest absolute Gasteiger partial charge is 0.466 e. The smallest absolute Gasteiger partial charge is 0.305 e. The Morgan fingerprint density at radius 3 is 1.06 bits per heavy atom. The summed E-state index contributed by atoms with van der Waals surface area (Å²) in [6.07, 6.45) is 73.3. The molecule has 6 heteroatoms. The van der Waals surface area contributed by atoms with E-state index in [9.17, 15) is 19.8 Å². The first kappa shape index (κ1) is 68.3. The van der Waals surface area contributed by atoms with Gasteiger partial charge in [-0.3, -0.25) is 9.59 Å². The highest BCUT2D eigenvalue weighted by Gasteiger charge is 2.20. The van der Waals surface area contributed by atoms with E-state index in [1.165, 1.54) is 238 Å². The number of hydrogen-bond acceptors (Lipinski definition) is 5.